The van der Waals surface area contributed by atoms with E-state index in [2.05, 4.69) is 72.3 Å². The number of aryl methyl sites for hydroxylation is 1. The van der Waals surface area contributed by atoms with E-state index in [1.165, 1.54) is 22.4 Å². The summed E-state index contributed by atoms with van der Waals surface area (Å²) in [4.78, 5) is 23.1. The van der Waals surface area contributed by atoms with Crippen molar-refractivity contribution in [2.45, 2.75) is 6.92 Å². The molecule has 0 amide bonds. The van der Waals surface area contributed by atoms with Crippen LogP contribution in [-0.4, -0.2) is 60.3 Å². The molecule has 0 radical (unpaired) electrons. The zero-order valence-corrected chi connectivity index (χ0v) is 15.1. The Hall–Kier alpha value is -2.86. The van der Waals surface area contributed by atoms with Crippen molar-refractivity contribution in [3.8, 4) is 11.1 Å². The van der Waals surface area contributed by atoms with Gasteiger partial charge in [0.05, 0.1) is 0 Å². The predicted molar refractivity (Wildman–Crippen MR) is 102 cm³/mol. The minimum Gasteiger partial charge on any atom is -0.473 e. The Morgan fingerprint density at radius 3 is 2.00 bits per heavy atom. The molecule has 1 fully saturated rings. The molecule has 1 aliphatic rings. The first-order valence-corrected chi connectivity index (χ1v) is 8.44. The van der Waals surface area contributed by atoms with Crippen LogP contribution in [0.4, 0.5) is 5.69 Å². The van der Waals surface area contributed by atoms with Gasteiger partial charge in [-0.15, -0.1) is 0 Å². The fourth-order valence-electron chi connectivity index (χ4n) is 2.80. The van der Waals surface area contributed by atoms with E-state index < -0.39 is 11.9 Å². The molecule has 2 aromatic carbocycles. The van der Waals surface area contributed by atoms with E-state index in [0.29, 0.717) is 0 Å². The first-order valence-electron chi connectivity index (χ1n) is 8.44. The van der Waals surface area contributed by atoms with Crippen molar-refractivity contribution in [1.82, 2.24) is 4.90 Å². The lowest BCUT2D eigenvalue weighted by atomic mass is 9.99. The van der Waals surface area contributed by atoms with E-state index in [0.717, 1.165) is 26.2 Å². The molecule has 0 aliphatic carbocycles. The number of aliphatic carboxylic acids is 2. The Morgan fingerprint density at radius 2 is 1.46 bits per heavy atom. The number of carboxylic acid groups (broad SMARTS) is 2. The molecule has 0 atom stereocenters. The molecule has 1 heterocycles. The predicted octanol–water partition coefficient (Wildman–Crippen LogP) is 2.57. The SMILES string of the molecule is Cc1ccc(N2CCN(C)CC2)cc1-c1ccccc1.O=C(O)C(=O)O. The Balaban J connectivity index is 0.000000352. The number of anilines is 1. The summed E-state index contributed by atoms with van der Waals surface area (Å²) in [5, 5.41) is 14.8. The van der Waals surface area contributed by atoms with E-state index in [1.807, 2.05) is 0 Å². The largest absolute Gasteiger partial charge is 0.473 e. The number of carbonyl (C=O) groups is 2. The summed E-state index contributed by atoms with van der Waals surface area (Å²) in [5.41, 5.74) is 5.35. The molecule has 2 aromatic rings. The molecule has 2 N–H and O–H groups in total. The highest BCUT2D eigenvalue weighted by atomic mass is 16.4. The van der Waals surface area contributed by atoms with Gasteiger partial charge in [0.2, 0.25) is 0 Å². The van der Waals surface area contributed by atoms with E-state index in [1.54, 1.807) is 0 Å². The average Bonchev–Trinajstić information content (AvgIpc) is 2.64. The van der Waals surface area contributed by atoms with E-state index >= 15 is 0 Å². The van der Waals surface area contributed by atoms with Crippen molar-refractivity contribution in [2.24, 2.45) is 0 Å². The maximum atomic E-state index is 9.10. The summed E-state index contributed by atoms with van der Waals surface area (Å²) < 4.78 is 0. The van der Waals surface area contributed by atoms with Gasteiger partial charge in [0.15, 0.2) is 0 Å². The molecule has 0 bridgehead atoms. The van der Waals surface area contributed by atoms with Gasteiger partial charge in [0.1, 0.15) is 0 Å². The number of nitrogens with zero attached hydrogens (tertiary/aromatic N) is 2. The molecule has 0 spiro atoms. The van der Waals surface area contributed by atoms with Crippen LogP contribution in [0.1, 0.15) is 5.56 Å². The van der Waals surface area contributed by atoms with Crippen molar-refractivity contribution in [3.63, 3.8) is 0 Å². The third kappa shape index (κ3) is 5.32. The maximum absolute atomic E-state index is 9.10. The number of likely N-dealkylation sites (N-methyl/N-ethyl adjacent to an activating group) is 1. The van der Waals surface area contributed by atoms with E-state index in [-0.39, 0.29) is 0 Å². The second kappa shape index (κ2) is 9.01. The van der Waals surface area contributed by atoms with Gasteiger partial charge in [-0.25, -0.2) is 9.59 Å². The highest BCUT2D eigenvalue weighted by Crippen LogP contribution is 2.28. The van der Waals surface area contributed by atoms with E-state index in [4.69, 9.17) is 19.8 Å². The van der Waals surface area contributed by atoms with Crippen LogP contribution >= 0.6 is 0 Å². The average molecular weight is 356 g/mol. The zero-order valence-electron chi connectivity index (χ0n) is 15.1. The van der Waals surface area contributed by atoms with Crippen molar-refractivity contribution in [2.75, 3.05) is 38.1 Å². The standard InChI is InChI=1S/C18H22N2.C2H2O4/c1-15-8-9-17(20-12-10-19(2)11-13-20)14-18(15)16-6-4-3-5-7-16;3-1(4)2(5)6/h3-9,14H,10-13H2,1-2H3;(H,3,4)(H,5,6). The smallest absolute Gasteiger partial charge is 0.414 e. The molecule has 6 heteroatoms. The molecule has 0 aromatic heterocycles. The molecular weight excluding hydrogens is 332 g/mol. The first-order chi connectivity index (χ1) is 12.4. The van der Waals surface area contributed by atoms with Crippen LogP contribution in [0.3, 0.4) is 0 Å². The molecule has 1 saturated heterocycles. The van der Waals surface area contributed by atoms with Crippen molar-refractivity contribution in [1.29, 1.82) is 0 Å². The second-order valence-corrected chi connectivity index (χ2v) is 6.27. The number of benzene rings is 2. The van der Waals surface area contributed by atoms with Gasteiger partial charge >= 0.3 is 11.9 Å². The van der Waals surface area contributed by atoms with Crippen molar-refractivity contribution in [3.05, 3.63) is 54.1 Å². The van der Waals surface area contributed by atoms with Crippen LogP contribution in [0, 0.1) is 6.92 Å². The molecule has 26 heavy (non-hydrogen) atoms. The number of hydrogen-bond donors (Lipinski definition) is 2. The van der Waals surface area contributed by atoms with E-state index in [9.17, 15) is 0 Å². The molecular formula is C20H24N2O4. The first kappa shape index (κ1) is 19.5. The van der Waals surface area contributed by atoms with Crippen molar-refractivity contribution >= 4 is 17.6 Å². The van der Waals surface area contributed by atoms with Crippen LogP contribution in [0.15, 0.2) is 48.5 Å². The third-order valence-corrected chi connectivity index (χ3v) is 4.36. The Labute approximate surface area is 153 Å². The Morgan fingerprint density at radius 1 is 0.885 bits per heavy atom. The maximum Gasteiger partial charge on any atom is 0.414 e. The van der Waals surface area contributed by atoms with Crippen LogP contribution in [0.5, 0.6) is 0 Å². The molecule has 0 unspecified atom stereocenters. The topological polar surface area (TPSA) is 81.1 Å². The normalized spacial score (nSPS) is 14.3. The number of rotatable bonds is 2. The summed E-state index contributed by atoms with van der Waals surface area (Å²) in [7, 11) is 2.20. The molecule has 3 rings (SSSR count). The summed E-state index contributed by atoms with van der Waals surface area (Å²) in [6.07, 6.45) is 0. The van der Waals surface area contributed by atoms with Gasteiger partial charge in [-0.1, -0.05) is 36.4 Å². The monoisotopic (exact) mass is 356 g/mol. The van der Waals surface area contributed by atoms with Gasteiger partial charge in [-0.2, -0.15) is 0 Å². The summed E-state index contributed by atoms with van der Waals surface area (Å²) in [5.74, 6) is -3.65. The lowest BCUT2D eigenvalue weighted by Crippen LogP contribution is -2.44. The lowest BCUT2D eigenvalue weighted by Gasteiger charge is -2.34. The Kier molecular flexibility index (Phi) is 6.74. The summed E-state index contributed by atoms with van der Waals surface area (Å²) in [6, 6.07) is 17.5. The third-order valence-electron chi connectivity index (χ3n) is 4.36. The highest BCUT2D eigenvalue weighted by Gasteiger charge is 2.15. The zero-order chi connectivity index (χ0) is 19.1. The quantitative estimate of drug-likeness (QED) is 0.805. The highest BCUT2D eigenvalue weighted by molar-refractivity contribution is 6.27. The van der Waals surface area contributed by atoms with Crippen LogP contribution in [0.25, 0.3) is 11.1 Å². The molecule has 0 saturated carbocycles. The van der Waals surface area contributed by atoms with Gasteiger partial charge < -0.3 is 20.0 Å². The minimum atomic E-state index is -1.82. The molecule has 6 nitrogen and oxygen atoms in total. The fraction of sp³-hybridized carbons (Fsp3) is 0.300. The fourth-order valence-corrected chi connectivity index (χ4v) is 2.80. The Bertz CT molecular complexity index is 742. The minimum absolute atomic E-state index is 1.12. The van der Waals surface area contributed by atoms with Gasteiger partial charge in [0, 0.05) is 31.9 Å². The number of hydrogen-bond acceptors (Lipinski definition) is 4. The summed E-state index contributed by atoms with van der Waals surface area (Å²) >= 11 is 0. The molecule has 1 aliphatic heterocycles. The van der Waals surface area contributed by atoms with Crippen molar-refractivity contribution < 1.29 is 19.8 Å². The molecule has 138 valence electrons. The number of piperazine rings is 1. The van der Waals surface area contributed by atoms with Gasteiger partial charge in [-0.05, 0) is 42.8 Å². The van der Waals surface area contributed by atoms with Crippen LogP contribution < -0.4 is 4.90 Å². The van der Waals surface area contributed by atoms with Crippen LogP contribution in [-0.2, 0) is 9.59 Å². The van der Waals surface area contributed by atoms with Gasteiger partial charge in [0.25, 0.3) is 0 Å². The van der Waals surface area contributed by atoms with Gasteiger partial charge in [-0.3, -0.25) is 0 Å². The lowest BCUT2D eigenvalue weighted by molar-refractivity contribution is -0.159. The second-order valence-electron chi connectivity index (χ2n) is 6.27. The summed E-state index contributed by atoms with van der Waals surface area (Å²) in [6.45, 7) is 6.72. The number of carboxylic acids is 2. The van der Waals surface area contributed by atoms with Crippen LogP contribution in [0.2, 0.25) is 0 Å².